The number of hydrogen-bond donors (Lipinski definition) is 0. The van der Waals surface area contributed by atoms with Gasteiger partial charge in [-0.15, -0.1) is 0 Å². The molecule has 1 rings (SSSR count). The molecule has 0 aliphatic carbocycles. The first-order valence-electron chi connectivity index (χ1n) is 4.66. The summed E-state index contributed by atoms with van der Waals surface area (Å²) in [6.07, 6.45) is 0.0573. The van der Waals surface area contributed by atoms with E-state index in [0.29, 0.717) is 17.5 Å². The fourth-order valence-electron chi connectivity index (χ4n) is 1.02. The molecule has 0 saturated heterocycles. The Hall–Kier alpha value is -0.840. The number of rotatable bonds is 5. The average Bonchev–Trinajstić information content (AvgIpc) is 2.59. The van der Waals surface area contributed by atoms with Crippen molar-refractivity contribution in [3.05, 3.63) is 22.6 Å². The summed E-state index contributed by atoms with van der Waals surface area (Å²) < 4.78 is 22.7. The Balaban J connectivity index is 2.25. The highest BCUT2D eigenvalue weighted by molar-refractivity contribution is 9.10. The van der Waals surface area contributed by atoms with Gasteiger partial charge >= 0.3 is 5.97 Å². The van der Waals surface area contributed by atoms with Crippen molar-refractivity contribution < 1.29 is 18.3 Å². The van der Waals surface area contributed by atoms with E-state index in [-0.39, 0.29) is 12.4 Å². The largest absolute Gasteiger partial charge is 0.460 e. The van der Waals surface area contributed by atoms with Crippen LogP contribution in [-0.4, -0.2) is 18.7 Å². The molecular weight excluding hydrogens is 267 g/mol. The molecule has 0 bridgehead atoms. The second-order valence-corrected chi connectivity index (χ2v) is 3.94. The molecular formula is C10H12BrFO3. The molecule has 0 amide bonds. The SMILES string of the molecule is CC(F)CCCOC(=O)c1ccc(Br)o1. The standard InChI is InChI=1S/C10H12BrFO3/c1-7(12)3-2-6-14-10(13)8-4-5-9(11)15-8/h4-5,7H,2-3,6H2,1H3. The Kier molecular flexibility index (Phi) is 4.81. The number of carbonyl (C=O) groups excluding carboxylic acids is 1. The molecule has 0 saturated carbocycles. The minimum absolute atomic E-state index is 0.148. The number of halogens is 2. The van der Waals surface area contributed by atoms with Gasteiger partial charge in [-0.05, 0) is 47.8 Å². The van der Waals surface area contributed by atoms with E-state index in [1.807, 2.05) is 0 Å². The van der Waals surface area contributed by atoms with Gasteiger partial charge < -0.3 is 9.15 Å². The highest BCUT2D eigenvalue weighted by Gasteiger charge is 2.11. The summed E-state index contributed by atoms with van der Waals surface area (Å²) >= 11 is 3.08. The van der Waals surface area contributed by atoms with E-state index in [2.05, 4.69) is 15.9 Å². The van der Waals surface area contributed by atoms with Crippen molar-refractivity contribution in [2.24, 2.45) is 0 Å². The molecule has 1 heterocycles. The molecule has 0 fully saturated rings. The third-order valence-electron chi connectivity index (χ3n) is 1.75. The van der Waals surface area contributed by atoms with E-state index in [9.17, 15) is 9.18 Å². The van der Waals surface area contributed by atoms with Gasteiger partial charge in [0.2, 0.25) is 5.76 Å². The van der Waals surface area contributed by atoms with E-state index in [0.717, 1.165) is 0 Å². The Labute approximate surface area is 95.7 Å². The number of esters is 1. The summed E-state index contributed by atoms with van der Waals surface area (Å²) in [4.78, 5) is 11.3. The van der Waals surface area contributed by atoms with Crippen LogP contribution in [0, 0.1) is 0 Å². The monoisotopic (exact) mass is 278 g/mol. The number of hydrogen-bond acceptors (Lipinski definition) is 3. The molecule has 5 heteroatoms. The van der Waals surface area contributed by atoms with Gasteiger partial charge in [0.1, 0.15) is 0 Å². The molecule has 1 aromatic rings. The van der Waals surface area contributed by atoms with Gasteiger partial charge in [-0.2, -0.15) is 0 Å². The molecule has 0 aromatic carbocycles. The van der Waals surface area contributed by atoms with Crippen LogP contribution in [-0.2, 0) is 4.74 Å². The van der Waals surface area contributed by atoms with Crippen molar-refractivity contribution in [2.45, 2.75) is 25.9 Å². The predicted octanol–water partition coefficient (Wildman–Crippen LogP) is 3.34. The lowest BCUT2D eigenvalue weighted by atomic mass is 10.2. The third-order valence-corrected chi connectivity index (χ3v) is 2.18. The van der Waals surface area contributed by atoms with Crippen LogP contribution in [0.15, 0.2) is 21.2 Å². The van der Waals surface area contributed by atoms with Crippen LogP contribution in [0.5, 0.6) is 0 Å². The second-order valence-electron chi connectivity index (χ2n) is 3.16. The van der Waals surface area contributed by atoms with E-state index >= 15 is 0 Å². The lowest BCUT2D eigenvalue weighted by Crippen LogP contribution is -2.06. The molecule has 84 valence electrons. The minimum atomic E-state index is -0.860. The fraction of sp³-hybridized carbons (Fsp3) is 0.500. The Bertz CT molecular complexity index is 322. The quantitative estimate of drug-likeness (QED) is 0.613. The highest BCUT2D eigenvalue weighted by atomic mass is 79.9. The number of alkyl halides is 1. The van der Waals surface area contributed by atoms with Crippen molar-refractivity contribution in [3.63, 3.8) is 0 Å². The summed E-state index contributed by atoms with van der Waals surface area (Å²) in [5.74, 6) is -0.373. The van der Waals surface area contributed by atoms with Crippen molar-refractivity contribution in [1.29, 1.82) is 0 Å². The van der Waals surface area contributed by atoms with Gasteiger partial charge in [0.15, 0.2) is 4.67 Å². The van der Waals surface area contributed by atoms with Crippen LogP contribution >= 0.6 is 15.9 Å². The van der Waals surface area contributed by atoms with E-state index in [1.54, 1.807) is 6.07 Å². The zero-order chi connectivity index (χ0) is 11.3. The van der Waals surface area contributed by atoms with Gasteiger partial charge in [-0.25, -0.2) is 9.18 Å². The highest BCUT2D eigenvalue weighted by Crippen LogP contribution is 2.14. The molecule has 1 aromatic heterocycles. The van der Waals surface area contributed by atoms with Crippen LogP contribution in [0.1, 0.15) is 30.3 Å². The van der Waals surface area contributed by atoms with Gasteiger partial charge in [0, 0.05) is 0 Å². The predicted molar refractivity (Wildman–Crippen MR) is 56.5 cm³/mol. The first kappa shape index (κ1) is 12.2. The third kappa shape index (κ3) is 4.46. The number of ether oxygens (including phenoxy) is 1. The molecule has 0 aliphatic rings. The zero-order valence-corrected chi connectivity index (χ0v) is 9.92. The fourth-order valence-corrected chi connectivity index (χ4v) is 1.33. The van der Waals surface area contributed by atoms with E-state index < -0.39 is 12.1 Å². The first-order valence-corrected chi connectivity index (χ1v) is 5.45. The average molecular weight is 279 g/mol. The molecule has 15 heavy (non-hydrogen) atoms. The number of furan rings is 1. The van der Waals surface area contributed by atoms with Crippen molar-refractivity contribution >= 4 is 21.9 Å². The van der Waals surface area contributed by atoms with Crippen LogP contribution in [0.2, 0.25) is 0 Å². The zero-order valence-electron chi connectivity index (χ0n) is 8.33. The van der Waals surface area contributed by atoms with Crippen LogP contribution in [0.3, 0.4) is 0 Å². The van der Waals surface area contributed by atoms with Gasteiger partial charge in [0.05, 0.1) is 12.8 Å². The molecule has 0 aliphatic heterocycles. The van der Waals surface area contributed by atoms with E-state index in [4.69, 9.17) is 9.15 Å². The minimum Gasteiger partial charge on any atom is -0.460 e. The lowest BCUT2D eigenvalue weighted by Gasteiger charge is -2.03. The maximum absolute atomic E-state index is 12.4. The molecule has 3 nitrogen and oxygen atoms in total. The Morgan fingerprint density at radius 2 is 2.40 bits per heavy atom. The van der Waals surface area contributed by atoms with Crippen molar-refractivity contribution in [2.75, 3.05) is 6.61 Å². The molecule has 1 atom stereocenters. The number of carbonyl (C=O) groups is 1. The summed E-state index contributed by atoms with van der Waals surface area (Å²) in [6.45, 7) is 1.69. The van der Waals surface area contributed by atoms with Crippen LogP contribution < -0.4 is 0 Å². The molecule has 0 N–H and O–H groups in total. The summed E-state index contributed by atoms with van der Waals surface area (Å²) in [5.41, 5.74) is 0. The summed E-state index contributed by atoms with van der Waals surface area (Å²) in [7, 11) is 0. The molecule has 0 spiro atoms. The maximum atomic E-state index is 12.4. The van der Waals surface area contributed by atoms with Crippen LogP contribution in [0.4, 0.5) is 4.39 Å². The van der Waals surface area contributed by atoms with Crippen molar-refractivity contribution in [1.82, 2.24) is 0 Å². The van der Waals surface area contributed by atoms with Gasteiger partial charge in [-0.3, -0.25) is 0 Å². The smallest absolute Gasteiger partial charge is 0.374 e. The lowest BCUT2D eigenvalue weighted by molar-refractivity contribution is 0.0454. The first-order chi connectivity index (χ1) is 7.09. The van der Waals surface area contributed by atoms with Crippen molar-refractivity contribution in [3.8, 4) is 0 Å². The second kappa shape index (κ2) is 5.90. The van der Waals surface area contributed by atoms with E-state index in [1.165, 1.54) is 13.0 Å². The maximum Gasteiger partial charge on any atom is 0.374 e. The summed E-state index contributed by atoms with van der Waals surface area (Å²) in [5, 5.41) is 0. The molecule has 1 unspecified atom stereocenters. The van der Waals surface area contributed by atoms with Gasteiger partial charge in [-0.1, -0.05) is 0 Å². The normalized spacial score (nSPS) is 12.5. The summed E-state index contributed by atoms with van der Waals surface area (Å²) in [6, 6.07) is 3.13. The van der Waals surface area contributed by atoms with Gasteiger partial charge in [0.25, 0.3) is 0 Å². The molecule has 0 radical (unpaired) electrons. The van der Waals surface area contributed by atoms with Crippen LogP contribution in [0.25, 0.3) is 0 Å². The Morgan fingerprint density at radius 3 is 2.93 bits per heavy atom. The topological polar surface area (TPSA) is 39.4 Å². The Morgan fingerprint density at radius 1 is 1.67 bits per heavy atom.